The average Bonchev–Trinajstić information content (AvgIpc) is 3.08. The van der Waals surface area contributed by atoms with Gasteiger partial charge in [-0.1, -0.05) is 13.8 Å². The fourth-order valence-electron chi connectivity index (χ4n) is 7.43. The zero-order chi connectivity index (χ0) is 15.3. The lowest BCUT2D eigenvalue weighted by atomic mass is 9.45. The molecular formula is C19H28O3. The van der Waals surface area contributed by atoms with Crippen molar-refractivity contribution in [1.29, 1.82) is 0 Å². The average molecular weight is 304 g/mol. The Morgan fingerprint density at radius 1 is 1.14 bits per heavy atom. The third-order valence-corrected chi connectivity index (χ3v) is 8.77. The first-order valence-corrected chi connectivity index (χ1v) is 9.30. The number of carbonyl (C=O) groups is 1. The van der Waals surface area contributed by atoms with Crippen molar-refractivity contribution >= 4 is 5.78 Å². The smallest absolute Gasteiger partial charge is 0.139 e. The molecule has 5 aliphatic rings. The quantitative estimate of drug-likeness (QED) is 0.700. The van der Waals surface area contributed by atoms with Crippen LogP contribution in [0.2, 0.25) is 0 Å². The normalized spacial score (nSPS) is 62.7. The molecule has 5 fully saturated rings. The van der Waals surface area contributed by atoms with Gasteiger partial charge in [-0.3, -0.25) is 4.79 Å². The Kier molecular flexibility index (Phi) is 2.52. The van der Waals surface area contributed by atoms with Crippen molar-refractivity contribution in [3.63, 3.8) is 0 Å². The molecule has 3 unspecified atom stereocenters. The lowest BCUT2D eigenvalue weighted by molar-refractivity contribution is -0.138. The zero-order valence-corrected chi connectivity index (χ0v) is 13.8. The van der Waals surface area contributed by atoms with Crippen LogP contribution in [0.25, 0.3) is 0 Å². The van der Waals surface area contributed by atoms with Crippen LogP contribution in [0.1, 0.15) is 65.2 Å². The van der Waals surface area contributed by atoms with Crippen molar-refractivity contribution in [2.45, 2.75) is 83.0 Å². The highest BCUT2D eigenvalue weighted by Gasteiger charge is 2.76. The Hall–Kier alpha value is -0.410. The van der Waals surface area contributed by atoms with E-state index in [0.29, 0.717) is 29.6 Å². The van der Waals surface area contributed by atoms with E-state index in [1.54, 1.807) is 0 Å². The van der Waals surface area contributed by atoms with E-state index < -0.39 is 0 Å². The lowest BCUT2D eigenvalue weighted by Crippen LogP contribution is -2.58. The van der Waals surface area contributed by atoms with Crippen molar-refractivity contribution in [1.82, 2.24) is 0 Å². The Balaban J connectivity index is 1.53. The molecule has 122 valence electrons. The van der Waals surface area contributed by atoms with Crippen LogP contribution in [0.15, 0.2) is 0 Å². The monoisotopic (exact) mass is 304 g/mol. The molecule has 1 saturated heterocycles. The number of fused-ring (bicyclic) bond motifs is 4. The fraction of sp³-hybridized carbons (Fsp3) is 0.947. The van der Waals surface area contributed by atoms with Crippen LogP contribution in [-0.4, -0.2) is 28.7 Å². The maximum atomic E-state index is 12.4. The Morgan fingerprint density at radius 3 is 2.77 bits per heavy atom. The van der Waals surface area contributed by atoms with E-state index in [-0.39, 0.29) is 22.5 Å². The Morgan fingerprint density at radius 2 is 1.95 bits per heavy atom. The van der Waals surface area contributed by atoms with Gasteiger partial charge >= 0.3 is 0 Å². The standard InChI is InChI=1S/C19H28O3/c1-17-7-6-14-12(13(17)3-4-15(17)21)9-16-19(22-16)10-11(20)5-8-18(14,19)2/h11-14,16,20H,3-10H2,1-2H3/t11-,12?,13?,14?,16-,17-,18+,19-/m0/s1. The second kappa shape index (κ2) is 3.97. The van der Waals surface area contributed by atoms with E-state index in [1.807, 2.05) is 0 Å². The van der Waals surface area contributed by atoms with Crippen molar-refractivity contribution in [2.24, 2.45) is 28.6 Å². The van der Waals surface area contributed by atoms with Gasteiger partial charge in [0.25, 0.3) is 0 Å². The molecule has 8 atom stereocenters. The maximum absolute atomic E-state index is 12.4. The topological polar surface area (TPSA) is 49.8 Å². The molecule has 4 aliphatic carbocycles. The van der Waals surface area contributed by atoms with Gasteiger partial charge in [0.1, 0.15) is 11.4 Å². The third-order valence-electron chi connectivity index (χ3n) is 8.77. The van der Waals surface area contributed by atoms with Crippen molar-refractivity contribution in [3.8, 4) is 0 Å². The summed E-state index contributed by atoms with van der Waals surface area (Å²) in [4.78, 5) is 12.4. The molecule has 0 bridgehead atoms. The van der Waals surface area contributed by atoms with E-state index >= 15 is 0 Å². The van der Waals surface area contributed by atoms with Crippen LogP contribution in [0.5, 0.6) is 0 Å². The highest BCUT2D eigenvalue weighted by molar-refractivity contribution is 5.87. The summed E-state index contributed by atoms with van der Waals surface area (Å²) in [6.07, 6.45) is 8.37. The third kappa shape index (κ3) is 1.40. The fourth-order valence-corrected chi connectivity index (χ4v) is 7.43. The molecule has 0 radical (unpaired) electrons. The van der Waals surface area contributed by atoms with Crippen LogP contribution < -0.4 is 0 Å². The number of ether oxygens (including phenoxy) is 1. The predicted molar refractivity (Wildman–Crippen MR) is 82.2 cm³/mol. The van der Waals surface area contributed by atoms with E-state index in [2.05, 4.69) is 13.8 Å². The van der Waals surface area contributed by atoms with E-state index in [4.69, 9.17) is 4.74 Å². The van der Waals surface area contributed by atoms with Gasteiger partial charge in [-0.05, 0) is 56.3 Å². The number of aliphatic hydroxyl groups excluding tert-OH is 1. The number of rotatable bonds is 0. The maximum Gasteiger partial charge on any atom is 0.139 e. The van der Waals surface area contributed by atoms with Gasteiger partial charge in [0.05, 0.1) is 12.2 Å². The molecule has 1 spiro atoms. The van der Waals surface area contributed by atoms with Crippen molar-refractivity contribution < 1.29 is 14.6 Å². The molecule has 5 rings (SSSR count). The number of Topliss-reactive ketones (excluding diaryl/α,β-unsaturated/α-hetero) is 1. The van der Waals surface area contributed by atoms with E-state index in [1.165, 1.54) is 6.42 Å². The first-order chi connectivity index (χ1) is 10.4. The summed E-state index contributed by atoms with van der Waals surface area (Å²) in [6.45, 7) is 4.68. The molecule has 1 aliphatic heterocycles. The number of hydrogen-bond donors (Lipinski definition) is 1. The number of ketones is 1. The molecule has 1 N–H and O–H groups in total. The minimum Gasteiger partial charge on any atom is -0.393 e. The predicted octanol–water partition coefficient (Wildman–Crippen LogP) is 3.09. The first kappa shape index (κ1) is 14.0. The molecular weight excluding hydrogens is 276 g/mol. The number of epoxide rings is 1. The highest BCUT2D eigenvalue weighted by Crippen LogP contribution is 2.72. The first-order valence-electron chi connectivity index (χ1n) is 9.30. The summed E-state index contributed by atoms with van der Waals surface area (Å²) in [5.41, 5.74) is 0.162. The summed E-state index contributed by atoms with van der Waals surface area (Å²) in [7, 11) is 0. The molecule has 4 saturated carbocycles. The van der Waals surface area contributed by atoms with Crippen LogP contribution in [0.3, 0.4) is 0 Å². The molecule has 0 amide bonds. The zero-order valence-electron chi connectivity index (χ0n) is 13.8. The second-order valence-corrected chi connectivity index (χ2v) is 9.34. The summed E-state index contributed by atoms with van der Waals surface area (Å²) in [5, 5.41) is 10.2. The minimum atomic E-state index is -0.170. The van der Waals surface area contributed by atoms with E-state index in [0.717, 1.165) is 44.9 Å². The van der Waals surface area contributed by atoms with Crippen LogP contribution in [-0.2, 0) is 9.53 Å². The molecule has 0 aromatic heterocycles. The number of aliphatic hydroxyl groups is 1. The molecule has 22 heavy (non-hydrogen) atoms. The van der Waals surface area contributed by atoms with Gasteiger partial charge in [-0.15, -0.1) is 0 Å². The molecule has 1 heterocycles. The molecule has 0 aromatic carbocycles. The summed E-state index contributed by atoms with van der Waals surface area (Å²) in [6, 6.07) is 0. The van der Waals surface area contributed by atoms with Gasteiger partial charge < -0.3 is 9.84 Å². The van der Waals surface area contributed by atoms with Gasteiger partial charge in [0, 0.05) is 23.7 Å². The van der Waals surface area contributed by atoms with Crippen LogP contribution in [0.4, 0.5) is 0 Å². The molecule has 0 aromatic rings. The van der Waals surface area contributed by atoms with Gasteiger partial charge in [-0.25, -0.2) is 0 Å². The van der Waals surface area contributed by atoms with Gasteiger partial charge in [0.2, 0.25) is 0 Å². The summed E-state index contributed by atoms with van der Waals surface area (Å²) < 4.78 is 6.30. The molecule has 3 nitrogen and oxygen atoms in total. The second-order valence-electron chi connectivity index (χ2n) is 9.34. The summed E-state index contributed by atoms with van der Waals surface area (Å²) in [5.74, 6) is 2.48. The number of hydrogen-bond acceptors (Lipinski definition) is 3. The van der Waals surface area contributed by atoms with Crippen LogP contribution in [0, 0.1) is 28.6 Å². The minimum absolute atomic E-state index is 0.0256. The van der Waals surface area contributed by atoms with Gasteiger partial charge in [-0.2, -0.15) is 0 Å². The van der Waals surface area contributed by atoms with Crippen molar-refractivity contribution in [2.75, 3.05) is 0 Å². The van der Waals surface area contributed by atoms with E-state index in [9.17, 15) is 9.90 Å². The Bertz CT molecular complexity index is 545. The van der Waals surface area contributed by atoms with Crippen molar-refractivity contribution in [3.05, 3.63) is 0 Å². The number of carbonyl (C=O) groups excluding carboxylic acids is 1. The van der Waals surface area contributed by atoms with Gasteiger partial charge in [0.15, 0.2) is 0 Å². The largest absolute Gasteiger partial charge is 0.393 e. The Labute approximate surface area is 132 Å². The SMILES string of the molecule is C[C@]12CCC3C(C[C@@H]4O[C@@]45C[C@@H](O)CC[C@]35C)C1CCC2=O. The summed E-state index contributed by atoms with van der Waals surface area (Å²) >= 11 is 0. The highest BCUT2D eigenvalue weighted by atomic mass is 16.6. The molecule has 3 heteroatoms. The van der Waals surface area contributed by atoms with Crippen LogP contribution >= 0.6 is 0 Å². The lowest BCUT2D eigenvalue weighted by Gasteiger charge is -2.58.